The quantitative estimate of drug-likeness (QED) is 0.365. The molecular weight excluding hydrogens is 444 g/mol. The van der Waals surface area contributed by atoms with E-state index in [0.717, 1.165) is 17.4 Å². The van der Waals surface area contributed by atoms with Crippen molar-refractivity contribution in [3.63, 3.8) is 0 Å². The number of anilines is 1. The lowest BCUT2D eigenvalue weighted by Gasteiger charge is -2.09. The fourth-order valence-electron chi connectivity index (χ4n) is 2.56. The number of methoxy groups -OCH3 is 1. The van der Waals surface area contributed by atoms with Crippen LogP contribution in [0.15, 0.2) is 65.6 Å². The fraction of sp³-hybridized carbons (Fsp3) is 0.174. The van der Waals surface area contributed by atoms with E-state index in [4.69, 9.17) is 21.4 Å². The van der Waals surface area contributed by atoms with Crippen LogP contribution in [-0.4, -0.2) is 18.2 Å². The maximum absolute atomic E-state index is 12.8. The minimum atomic E-state index is -1.03. The van der Waals surface area contributed by atoms with Gasteiger partial charge in [-0.25, -0.2) is 13.6 Å². The first-order valence-electron chi connectivity index (χ1n) is 9.37. The van der Waals surface area contributed by atoms with Crippen molar-refractivity contribution in [1.29, 1.82) is 0 Å². The lowest BCUT2D eigenvalue weighted by Crippen LogP contribution is -2.01. The SMILES string of the molecule is CCCc1cc(F)ccc1F.COc1ccc(NSc2ccc(Cl)cc2)cc1C(=O)O. The number of ether oxygens (including phenoxy) is 1. The summed E-state index contributed by atoms with van der Waals surface area (Å²) in [6.07, 6.45) is 1.43. The summed E-state index contributed by atoms with van der Waals surface area (Å²) in [6.45, 7) is 1.93. The van der Waals surface area contributed by atoms with E-state index >= 15 is 0 Å². The molecule has 0 unspecified atom stereocenters. The van der Waals surface area contributed by atoms with Gasteiger partial charge < -0.3 is 14.6 Å². The number of nitrogens with one attached hydrogen (secondary N) is 1. The second kappa shape index (κ2) is 12.2. The van der Waals surface area contributed by atoms with Crippen molar-refractivity contribution >= 4 is 35.2 Å². The molecule has 0 spiro atoms. The molecule has 0 aliphatic rings. The molecule has 8 heteroatoms. The number of halogens is 3. The minimum absolute atomic E-state index is 0.120. The normalized spacial score (nSPS) is 10.1. The average Bonchev–Trinajstić information content (AvgIpc) is 2.76. The van der Waals surface area contributed by atoms with Gasteiger partial charge in [-0.05, 0) is 84.6 Å². The Hall–Kier alpha value is -2.77. The standard InChI is InChI=1S/C14H12ClNO3S.C9H10F2/c1-19-13-7-4-10(8-12(13)14(17)18)16-20-11-5-2-9(15)3-6-11;1-2-3-7-6-8(10)4-5-9(7)11/h2-8,16H,1H3,(H,17,18);4-6H,2-3H2,1H3. The topological polar surface area (TPSA) is 58.6 Å². The second-order valence-corrected chi connectivity index (χ2v) is 7.68. The zero-order valence-electron chi connectivity index (χ0n) is 17.0. The van der Waals surface area contributed by atoms with E-state index in [0.29, 0.717) is 28.4 Å². The van der Waals surface area contributed by atoms with Gasteiger partial charge in [0.1, 0.15) is 22.9 Å². The van der Waals surface area contributed by atoms with Crippen LogP contribution in [0.5, 0.6) is 5.75 Å². The second-order valence-electron chi connectivity index (χ2n) is 6.36. The Morgan fingerprint density at radius 2 is 1.81 bits per heavy atom. The highest BCUT2D eigenvalue weighted by Gasteiger charge is 2.11. The summed E-state index contributed by atoms with van der Waals surface area (Å²) in [5, 5.41) is 9.78. The van der Waals surface area contributed by atoms with Crippen LogP contribution in [0.3, 0.4) is 0 Å². The minimum Gasteiger partial charge on any atom is -0.496 e. The van der Waals surface area contributed by atoms with E-state index in [1.807, 2.05) is 19.1 Å². The van der Waals surface area contributed by atoms with E-state index in [-0.39, 0.29) is 17.2 Å². The van der Waals surface area contributed by atoms with Gasteiger partial charge in [-0.1, -0.05) is 24.9 Å². The van der Waals surface area contributed by atoms with Crippen molar-refractivity contribution in [2.75, 3.05) is 11.8 Å². The molecule has 0 bridgehead atoms. The number of carboxylic acids is 1. The van der Waals surface area contributed by atoms with Gasteiger partial charge in [0.2, 0.25) is 0 Å². The average molecular weight is 466 g/mol. The van der Waals surface area contributed by atoms with Crippen molar-refractivity contribution in [3.8, 4) is 5.75 Å². The van der Waals surface area contributed by atoms with E-state index in [1.165, 1.54) is 37.3 Å². The number of hydrogen-bond donors (Lipinski definition) is 2. The van der Waals surface area contributed by atoms with E-state index in [2.05, 4.69) is 4.72 Å². The fourth-order valence-corrected chi connectivity index (χ4v) is 3.32. The lowest BCUT2D eigenvalue weighted by molar-refractivity contribution is 0.0693. The third-order valence-corrected chi connectivity index (χ3v) is 5.15. The molecule has 3 aromatic rings. The molecule has 0 saturated heterocycles. The van der Waals surface area contributed by atoms with Crippen LogP contribution in [0.2, 0.25) is 5.02 Å². The van der Waals surface area contributed by atoms with Gasteiger partial charge in [0, 0.05) is 15.6 Å². The summed E-state index contributed by atoms with van der Waals surface area (Å²) >= 11 is 7.18. The first-order chi connectivity index (χ1) is 14.8. The highest BCUT2D eigenvalue weighted by atomic mass is 35.5. The van der Waals surface area contributed by atoms with Crippen LogP contribution >= 0.6 is 23.5 Å². The van der Waals surface area contributed by atoms with E-state index in [9.17, 15) is 13.6 Å². The Labute approximate surface area is 189 Å². The van der Waals surface area contributed by atoms with Crippen molar-refractivity contribution in [2.45, 2.75) is 24.7 Å². The molecule has 0 heterocycles. The predicted molar refractivity (Wildman–Crippen MR) is 121 cm³/mol. The number of hydrogen-bond acceptors (Lipinski definition) is 4. The first-order valence-corrected chi connectivity index (χ1v) is 10.6. The van der Waals surface area contributed by atoms with Crippen molar-refractivity contribution < 1.29 is 23.4 Å². The summed E-state index contributed by atoms with van der Waals surface area (Å²) in [5.41, 5.74) is 1.27. The highest BCUT2D eigenvalue weighted by molar-refractivity contribution is 8.00. The monoisotopic (exact) mass is 465 g/mol. The van der Waals surface area contributed by atoms with E-state index in [1.54, 1.807) is 24.3 Å². The molecule has 0 radical (unpaired) electrons. The molecule has 0 fully saturated rings. The molecule has 0 aromatic heterocycles. The van der Waals surface area contributed by atoms with Crippen LogP contribution in [0, 0.1) is 11.6 Å². The number of carbonyl (C=O) groups is 1. The number of aromatic carboxylic acids is 1. The Bertz CT molecular complexity index is 1020. The number of aryl methyl sites for hydroxylation is 1. The Kier molecular flexibility index (Phi) is 9.62. The van der Waals surface area contributed by atoms with Crippen LogP contribution in [0.4, 0.5) is 14.5 Å². The Morgan fingerprint density at radius 1 is 1.10 bits per heavy atom. The zero-order valence-corrected chi connectivity index (χ0v) is 18.6. The molecule has 0 aliphatic carbocycles. The molecular formula is C23H22ClF2NO3S. The van der Waals surface area contributed by atoms with Crippen molar-refractivity contribution in [2.24, 2.45) is 0 Å². The zero-order chi connectivity index (χ0) is 22.8. The van der Waals surface area contributed by atoms with Gasteiger partial charge in [-0.15, -0.1) is 0 Å². The van der Waals surface area contributed by atoms with Crippen LogP contribution < -0.4 is 9.46 Å². The van der Waals surface area contributed by atoms with Gasteiger partial charge in [0.25, 0.3) is 0 Å². The van der Waals surface area contributed by atoms with E-state index < -0.39 is 5.97 Å². The van der Waals surface area contributed by atoms with Crippen LogP contribution in [0.1, 0.15) is 29.3 Å². The predicted octanol–water partition coefficient (Wildman–Crippen LogP) is 7.08. The summed E-state index contributed by atoms with van der Waals surface area (Å²) in [7, 11) is 1.44. The molecule has 4 nitrogen and oxygen atoms in total. The van der Waals surface area contributed by atoms with Crippen LogP contribution in [0.25, 0.3) is 0 Å². The molecule has 3 aromatic carbocycles. The molecule has 2 N–H and O–H groups in total. The smallest absolute Gasteiger partial charge is 0.339 e. The molecule has 3 rings (SSSR count). The van der Waals surface area contributed by atoms with Gasteiger partial charge in [-0.3, -0.25) is 0 Å². The molecule has 0 aliphatic heterocycles. The Balaban J connectivity index is 0.000000262. The third kappa shape index (κ3) is 7.77. The number of benzene rings is 3. The molecule has 0 saturated carbocycles. The molecule has 0 amide bonds. The maximum Gasteiger partial charge on any atom is 0.339 e. The van der Waals surface area contributed by atoms with Crippen molar-refractivity contribution in [3.05, 3.63) is 88.4 Å². The summed E-state index contributed by atoms with van der Waals surface area (Å²) in [4.78, 5) is 12.1. The number of rotatable bonds is 7. The lowest BCUT2D eigenvalue weighted by atomic mass is 10.1. The summed E-state index contributed by atoms with van der Waals surface area (Å²) in [6, 6.07) is 15.8. The van der Waals surface area contributed by atoms with Gasteiger partial charge in [-0.2, -0.15) is 0 Å². The summed E-state index contributed by atoms with van der Waals surface area (Å²) < 4.78 is 33.4. The van der Waals surface area contributed by atoms with Crippen molar-refractivity contribution in [1.82, 2.24) is 0 Å². The molecule has 164 valence electrons. The van der Waals surface area contributed by atoms with Gasteiger partial charge in [0.05, 0.1) is 7.11 Å². The third-order valence-electron chi connectivity index (χ3n) is 4.06. The summed E-state index contributed by atoms with van der Waals surface area (Å²) in [5.74, 6) is -1.37. The van der Waals surface area contributed by atoms with Crippen LogP contribution in [-0.2, 0) is 6.42 Å². The Morgan fingerprint density at radius 3 is 2.42 bits per heavy atom. The number of carboxylic acid groups (broad SMARTS) is 1. The molecule has 0 atom stereocenters. The van der Waals surface area contributed by atoms with Gasteiger partial charge in [0.15, 0.2) is 0 Å². The highest BCUT2D eigenvalue weighted by Crippen LogP contribution is 2.27. The van der Waals surface area contributed by atoms with Gasteiger partial charge >= 0.3 is 5.97 Å². The maximum atomic E-state index is 12.8. The first kappa shape index (κ1) is 24.5. The molecule has 31 heavy (non-hydrogen) atoms. The largest absolute Gasteiger partial charge is 0.496 e.